The Labute approximate surface area is 284 Å². The number of benzene rings is 6. The van der Waals surface area contributed by atoms with Crippen molar-refractivity contribution in [1.82, 2.24) is 0 Å². The first-order chi connectivity index (χ1) is 22.6. The maximum Gasteiger partial charge on any atom is 0.279 e. The van der Waals surface area contributed by atoms with Crippen LogP contribution in [0.4, 0.5) is 0 Å². The molecule has 0 aliphatic rings. The molecule has 230 valence electrons. The van der Waals surface area contributed by atoms with E-state index in [9.17, 15) is 5.11 Å². The molecule has 0 saturated carbocycles. The van der Waals surface area contributed by atoms with Gasteiger partial charge in [0.2, 0.25) is 0 Å². The highest BCUT2D eigenvalue weighted by Gasteiger charge is 2.79. The number of aliphatic hydroxyl groups excluding tert-OH is 1. The van der Waals surface area contributed by atoms with Crippen molar-refractivity contribution in [1.29, 1.82) is 0 Å². The largest absolute Gasteiger partial charge is 0.393 e. The molecule has 0 aliphatic carbocycles. The number of hydrogen-bond donors (Lipinski definition) is 1. The number of rotatable bonds is 12. The molecule has 0 amide bonds. The van der Waals surface area contributed by atoms with Crippen molar-refractivity contribution in [2.45, 2.75) is 23.3 Å². The summed E-state index contributed by atoms with van der Waals surface area (Å²) in [6, 6.07) is 64.8. The summed E-state index contributed by atoms with van der Waals surface area (Å²) in [5.41, 5.74) is 0. The van der Waals surface area contributed by atoms with Gasteiger partial charge >= 0.3 is 0 Å². The average Bonchev–Trinajstić information content (AvgIpc) is 3.12. The van der Waals surface area contributed by atoms with Crippen LogP contribution in [0.1, 0.15) is 12.8 Å². The molecule has 0 aliphatic heterocycles. The zero-order valence-electron chi connectivity index (χ0n) is 25.6. The lowest BCUT2D eigenvalue weighted by Gasteiger charge is -2.47. The monoisotopic (exact) mass is 678 g/mol. The van der Waals surface area contributed by atoms with E-state index in [1.54, 1.807) is 0 Å². The average molecular weight is 680 g/mol. The van der Waals surface area contributed by atoms with Crippen molar-refractivity contribution in [2.24, 2.45) is 0 Å². The molecule has 5 heteroatoms. The summed E-state index contributed by atoms with van der Waals surface area (Å²) in [6.07, 6.45) is 0.0356. The van der Waals surface area contributed by atoms with Crippen LogP contribution in [-0.4, -0.2) is 21.4 Å². The van der Waals surface area contributed by atoms with E-state index in [-0.39, 0.29) is 0 Å². The van der Waals surface area contributed by atoms with Gasteiger partial charge in [-0.2, -0.15) is 0 Å². The van der Waals surface area contributed by atoms with Gasteiger partial charge in [-0.25, -0.2) is 0 Å². The van der Waals surface area contributed by atoms with Gasteiger partial charge in [-0.3, -0.25) is 0 Å². The van der Waals surface area contributed by atoms with Gasteiger partial charge in [0.1, 0.15) is 31.8 Å². The molecule has 46 heavy (non-hydrogen) atoms. The molecule has 6 aromatic carbocycles. The molecule has 1 unspecified atom stereocenters. The maximum atomic E-state index is 12.1. The first-order valence-corrected chi connectivity index (χ1v) is 20.1. The molecule has 0 spiro atoms. The molecule has 6 aromatic rings. The van der Waals surface area contributed by atoms with E-state index in [1.807, 2.05) is 0 Å². The molecule has 0 aromatic heterocycles. The van der Waals surface area contributed by atoms with Gasteiger partial charge < -0.3 is 5.11 Å². The fourth-order valence-corrected chi connectivity index (χ4v) is 21.9. The SMILES string of the molecule is OC(CCCl)CC(Cl)([P+](c1ccccc1)(c1ccccc1)c1ccccc1)[P+](c1ccccc1)(c1ccccc1)c1ccccc1. The minimum Gasteiger partial charge on any atom is -0.393 e. The lowest BCUT2D eigenvalue weighted by Crippen LogP contribution is -2.54. The lowest BCUT2D eigenvalue weighted by atomic mass is 10.2. The zero-order valence-corrected chi connectivity index (χ0v) is 28.9. The molecular formula is C41H38Cl2OP2+2. The van der Waals surface area contributed by atoms with Crippen LogP contribution in [0.25, 0.3) is 0 Å². The van der Waals surface area contributed by atoms with Crippen molar-refractivity contribution < 1.29 is 5.11 Å². The Bertz CT molecular complexity index is 1470. The van der Waals surface area contributed by atoms with E-state index < -0.39 is 25.0 Å². The summed E-state index contributed by atoms with van der Waals surface area (Å²) in [6.45, 7) is 0. The lowest BCUT2D eigenvalue weighted by molar-refractivity contribution is 0.163. The number of halogens is 2. The second kappa shape index (κ2) is 14.6. The predicted octanol–water partition coefficient (Wildman–Crippen LogP) is 8.25. The Morgan fingerprint density at radius 2 is 0.652 bits per heavy atom. The summed E-state index contributed by atoms with van der Waals surface area (Å²) >= 11 is 15.4. The molecule has 0 radical (unpaired) electrons. The van der Waals surface area contributed by atoms with Gasteiger partial charge in [0, 0.05) is 5.88 Å². The highest BCUT2D eigenvalue weighted by atomic mass is 35.5. The minimum atomic E-state index is -2.86. The van der Waals surface area contributed by atoms with Crippen molar-refractivity contribution in [3.8, 4) is 0 Å². The third-order valence-electron chi connectivity index (χ3n) is 8.83. The van der Waals surface area contributed by atoms with Gasteiger partial charge in [0.25, 0.3) is 4.36 Å². The van der Waals surface area contributed by atoms with Gasteiger partial charge in [-0.05, 0) is 90.8 Å². The summed E-state index contributed by atoms with van der Waals surface area (Å²) < 4.78 is -1.04. The van der Waals surface area contributed by atoms with Crippen LogP contribution < -0.4 is 31.8 Å². The molecule has 0 fully saturated rings. The first kappa shape index (κ1) is 32.7. The molecule has 1 N–H and O–H groups in total. The summed E-state index contributed by atoms with van der Waals surface area (Å²) in [5, 5.41) is 19.1. The summed E-state index contributed by atoms with van der Waals surface area (Å²) in [4.78, 5) is 0. The van der Waals surface area contributed by atoms with Crippen LogP contribution >= 0.6 is 37.7 Å². The van der Waals surface area contributed by atoms with Crippen LogP contribution in [0.3, 0.4) is 0 Å². The van der Waals surface area contributed by atoms with Crippen LogP contribution in [-0.2, 0) is 0 Å². The van der Waals surface area contributed by atoms with Crippen molar-refractivity contribution >= 4 is 69.6 Å². The Morgan fingerprint density at radius 3 is 0.848 bits per heavy atom. The van der Waals surface area contributed by atoms with Gasteiger partial charge in [-0.1, -0.05) is 109 Å². The molecule has 1 nitrogen and oxygen atoms in total. The molecule has 1 atom stereocenters. The normalized spacial score (nSPS) is 12.8. The fourth-order valence-electron chi connectivity index (χ4n) is 7.02. The summed E-state index contributed by atoms with van der Waals surface area (Å²) in [5.74, 6) is 0.342. The zero-order chi connectivity index (χ0) is 31.9. The van der Waals surface area contributed by atoms with E-state index in [0.29, 0.717) is 18.7 Å². The standard InChI is InChI=1S/C41H38Cl2OP2/c42-32-31-34(44)33-41(43,45(35-19-7-1-8-20-35,36-21-9-2-10-22-36)37-23-11-3-12-24-37)46(38-25-13-4-14-26-38,39-27-15-5-16-28-39)40-29-17-6-18-30-40/h1-30,34,44H,31-33H2/q+2. The minimum absolute atomic E-state index is 0.334. The Hall–Kier alpha value is -3.28. The van der Waals surface area contributed by atoms with E-state index in [0.717, 1.165) is 0 Å². The van der Waals surface area contributed by atoms with E-state index >= 15 is 0 Å². The van der Waals surface area contributed by atoms with Crippen LogP contribution in [0, 0.1) is 0 Å². The highest BCUT2D eigenvalue weighted by Crippen LogP contribution is 2.86. The molecule has 0 saturated heterocycles. The van der Waals surface area contributed by atoms with E-state index in [4.69, 9.17) is 23.2 Å². The third kappa shape index (κ3) is 5.64. The number of aliphatic hydroxyl groups is 1. The predicted molar refractivity (Wildman–Crippen MR) is 205 cm³/mol. The van der Waals surface area contributed by atoms with E-state index in [2.05, 4.69) is 182 Å². The Balaban J connectivity index is 1.91. The topological polar surface area (TPSA) is 20.2 Å². The van der Waals surface area contributed by atoms with Crippen molar-refractivity contribution in [3.05, 3.63) is 182 Å². The van der Waals surface area contributed by atoms with Crippen LogP contribution in [0.5, 0.6) is 0 Å². The summed E-state index contributed by atoms with van der Waals surface area (Å²) in [7, 11) is -5.72. The molecule has 6 rings (SSSR count). The Kier molecular flexibility index (Phi) is 10.4. The van der Waals surface area contributed by atoms with Crippen LogP contribution in [0.15, 0.2) is 182 Å². The third-order valence-corrected chi connectivity index (χ3v) is 21.4. The maximum absolute atomic E-state index is 12.1. The second-order valence-electron chi connectivity index (χ2n) is 11.4. The van der Waals surface area contributed by atoms with Gasteiger partial charge in [0.15, 0.2) is 14.5 Å². The van der Waals surface area contributed by atoms with E-state index in [1.165, 1.54) is 31.8 Å². The van der Waals surface area contributed by atoms with Crippen molar-refractivity contribution in [3.63, 3.8) is 0 Å². The second-order valence-corrected chi connectivity index (χ2v) is 20.6. The first-order valence-electron chi connectivity index (χ1n) is 15.6. The number of hydrogen-bond acceptors (Lipinski definition) is 1. The fraction of sp³-hybridized carbons (Fsp3) is 0.122. The quantitative estimate of drug-likeness (QED) is 0.102. The molecule has 0 heterocycles. The van der Waals surface area contributed by atoms with Crippen molar-refractivity contribution in [2.75, 3.05) is 5.88 Å². The van der Waals surface area contributed by atoms with Crippen LogP contribution in [0.2, 0.25) is 0 Å². The molecular weight excluding hydrogens is 641 g/mol. The van der Waals surface area contributed by atoms with Gasteiger partial charge in [0.05, 0.1) is 12.5 Å². The van der Waals surface area contributed by atoms with Gasteiger partial charge in [-0.15, -0.1) is 11.6 Å². The Morgan fingerprint density at radius 1 is 0.435 bits per heavy atom. The number of alkyl halides is 2. The highest BCUT2D eigenvalue weighted by molar-refractivity contribution is 8.13. The molecule has 0 bridgehead atoms. The smallest absolute Gasteiger partial charge is 0.279 e.